The van der Waals surface area contributed by atoms with Crippen LogP contribution in [0.15, 0.2) is 18.3 Å². The summed E-state index contributed by atoms with van der Waals surface area (Å²) >= 11 is 0. The molecule has 3 nitrogen and oxygen atoms in total. The molecule has 2 aromatic rings. The van der Waals surface area contributed by atoms with Crippen molar-refractivity contribution in [3.05, 3.63) is 29.7 Å². The average Bonchev–Trinajstić information content (AvgIpc) is 2.45. The van der Waals surface area contributed by atoms with E-state index < -0.39 is 0 Å². The van der Waals surface area contributed by atoms with E-state index in [2.05, 4.69) is 39.9 Å². The molecule has 0 aromatic carbocycles. The Bertz CT molecular complexity index is 468. The van der Waals surface area contributed by atoms with E-state index in [4.69, 9.17) is 0 Å². The molecular weight excluding hydrogens is 174 g/mol. The van der Waals surface area contributed by atoms with Crippen LogP contribution >= 0.6 is 0 Å². The minimum Gasteiger partial charge on any atom is -0.286 e. The highest BCUT2D eigenvalue weighted by molar-refractivity contribution is 5.41. The molecule has 14 heavy (non-hydrogen) atoms. The molecule has 3 rings (SSSR count). The molecule has 0 atom stereocenters. The number of hydrogen-bond acceptors (Lipinski definition) is 2. The molecule has 1 fully saturated rings. The smallest absolute Gasteiger partial charge is 0.161 e. The monoisotopic (exact) mass is 187 g/mol. The number of nitrogens with zero attached hydrogens (tertiary/aromatic N) is 3. The highest BCUT2D eigenvalue weighted by Gasteiger charge is 2.24. The van der Waals surface area contributed by atoms with Gasteiger partial charge < -0.3 is 0 Å². The summed E-state index contributed by atoms with van der Waals surface area (Å²) in [6.45, 7) is 2.08. The maximum atomic E-state index is 4.27. The summed E-state index contributed by atoms with van der Waals surface area (Å²) in [5.74, 6) is 1.79. The molecule has 0 radical (unpaired) electrons. The Labute approximate surface area is 82.8 Å². The van der Waals surface area contributed by atoms with Crippen LogP contribution in [0.1, 0.15) is 36.6 Å². The van der Waals surface area contributed by atoms with Crippen molar-refractivity contribution in [2.24, 2.45) is 0 Å². The summed E-state index contributed by atoms with van der Waals surface area (Å²) in [5.41, 5.74) is 2.22. The standard InChI is InChI=1S/C11H13N3/c1-8-5-6-14-10(7-8)12-13-11(14)9-3-2-4-9/h5-7,9H,2-4H2,1H3. The van der Waals surface area contributed by atoms with Gasteiger partial charge in [-0.3, -0.25) is 4.40 Å². The molecule has 0 spiro atoms. The summed E-state index contributed by atoms with van der Waals surface area (Å²) in [6.07, 6.45) is 5.97. The minimum atomic E-state index is 0.646. The van der Waals surface area contributed by atoms with Crippen molar-refractivity contribution in [1.29, 1.82) is 0 Å². The first-order valence-corrected chi connectivity index (χ1v) is 5.16. The Kier molecular flexibility index (Phi) is 1.60. The van der Waals surface area contributed by atoms with E-state index in [1.807, 2.05) is 0 Å². The summed E-state index contributed by atoms with van der Waals surface area (Å²) in [7, 11) is 0. The Hall–Kier alpha value is -1.38. The van der Waals surface area contributed by atoms with Crippen molar-refractivity contribution in [3.63, 3.8) is 0 Å². The molecule has 0 unspecified atom stereocenters. The summed E-state index contributed by atoms with van der Waals surface area (Å²) < 4.78 is 2.12. The van der Waals surface area contributed by atoms with Crippen molar-refractivity contribution in [3.8, 4) is 0 Å². The minimum absolute atomic E-state index is 0.646. The van der Waals surface area contributed by atoms with Gasteiger partial charge in [-0.1, -0.05) is 6.42 Å². The lowest BCUT2D eigenvalue weighted by Gasteiger charge is -2.23. The molecule has 1 saturated carbocycles. The van der Waals surface area contributed by atoms with Gasteiger partial charge in [0.1, 0.15) is 5.82 Å². The fraction of sp³-hybridized carbons (Fsp3) is 0.455. The van der Waals surface area contributed by atoms with E-state index in [0.29, 0.717) is 5.92 Å². The molecular formula is C11H13N3. The molecule has 3 heteroatoms. The zero-order chi connectivity index (χ0) is 9.54. The average molecular weight is 187 g/mol. The lowest BCUT2D eigenvalue weighted by molar-refractivity contribution is 0.399. The van der Waals surface area contributed by atoms with Gasteiger partial charge in [-0.05, 0) is 37.5 Å². The van der Waals surface area contributed by atoms with Crippen LogP contribution in [0.2, 0.25) is 0 Å². The SMILES string of the molecule is Cc1ccn2c(C3CCC3)nnc2c1. The van der Waals surface area contributed by atoms with Gasteiger partial charge in [-0.2, -0.15) is 0 Å². The highest BCUT2D eigenvalue weighted by Crippen LogP contribution is 2.35. The molecule has 72 valence electrons. The summed E-state index contributed by atoms with van der Waals surface area (Å²) in [5, 5.41) is 8.47. The second-order valence-corrected chi connectivity index (χ2v) is 4.12. The predicted octanol–water partition coefficient (Wildman–Crippen LogP) is 2.31. The zero-order valence-electron chi connectivity index (χ0n) is 8.27. The third-order valence-corrected chi connectivity index (χ3v) is 3.06. The number of fused-ring (bicyclic) bond motifs is 1. The number of aromatic nitrogens is 3. The second-order valence-electron chi connectivity index (χ2n) is 4.12. The maximum Gasteiger partial charge on any atom is 0.161 e. The Balaban J connectivity index is 2.16. The van der Waals surface area contributed by atoms with E-state index in [1.54, 1.807) is 0 Å². The fourth-order valence-electron chi connectivity index (χ4n) is 1.96. The molecule has 2 heterocycles. The first-order chi connectivity index (χ1) is 6.84. The van der Waals surface area contributed by atoms with E-state index in [0.717, 1.165) is 11.5 Å². The summed E-state index contributed by atoms with van der Waals surface area (Å²) in [6, 6.07) is 4.19. The Morgan fingerprint density at radius 3 is 2.93 bits per heavy atom. The molecule has 1 aliphatic rings. The fourth-order valence-corrected chi connectivity index (χ4v) is 1.96. The van der Waals surface area contributed by atoms with Gasteiger partial charge in [0.25, 0.3) is 0 Å². The van der Waals surface area contributed by atoms with Crippen molar-refractivity contribution in [2.45, 2.75) is 32.1 Å². The zero-order valence-corrected chi connectivity index (χ0v) is 8.27. The van der Waals surface area contributed by atoms with Gasteiger partial charge >= 0.3 is 0 Å². The van der Waals surface area contributed by atoms with Crippen LogP contribution in [-0.2, 0) is 0 Å². The number of aryl methyl sites for hydroxylation is 1. The van der Waals surface area contributed by atoms with Crippen molar-refractivity contribution >= 4 is 5.65 Å². The normalized spacial score (nSPS) is 17.2. The van der Waals surface area contributed by atoms with Crippen LogP contribution in [0.5, 0.6) is 0 Å². The van der Waals surface area contributed by atoms with E-state index in [9.17, 15) is 0 Å². The largest absolute Gasteiger partial charge is 0.286 e. The maximum absolute atomic E-state index is 4.27. The molecule has 0 amide bonds. The highest BCUT2D eigenvalue weighted by atomic mass is 15.2. The topological polar surface area (TPSA) is 30.2 Å². The van der Waals surface area contributed by atoms with Crippen molar-refractivity contribution in [2.75, 3.05) is 0 Å². The van der Waals surface area contributed by atoms with Crippen LogP contribution in [0, 0.1) is 6.92 Å². The molecule has 0 aliphatic heterocycles. The molecule has 0 N–H and O–H groups in total. The lowest BCUT2D eigenvalue weighted by Crippen LogP contribution is -2.12. The molecule has 1 aliphatic carbocycles. The molecule has 0 saturated heterocycles. The van der Waals surface area contributed by atoms with Gasteiger partial charge in [-0.25, -0.2) is 0 Å². The Morgan fingerprint density at radius 1 is 1.36 bits per heavy atom. The van der Waals surface area contributed by atoms with Crippen molar-refractivity contribution < 1.29 is 0 Å². The van der Waals surface area contributed by atoms with E-state index >= 15 is 0 Å². The van der Waals surface area contributed by atoms with Crippen LogP contribution in [0.4, 0.5) is 0 Å². The quantitative estimate of drug-likeness (QED) is 0.685. The first-order valence-electron chi connectivity index (χ1n) is 5.16. The lowest BCUT2D eigenvalue weighted by atomic mass is 9.85. The van der Waals surface area contributed by atoms with Gasteiger partial charge in [0, 0.05) is 12.1 Å². The van der Waals surface area contributed by atoms with Gasteiger partial charge in [0.05, 0.1) is 0 Å². The number of rotatable bonds is 1. The number of pyridine rings is 1. The second kappa shape index (κ2) is 2.80. The summed E-state index contributed by atoms with van der Waals surface area (Å²) in [4.78, 5) is 0. The van der Waals surface area contributed by atoms with Gasteiger partial charge in [0.15, 0.2) is 5.65 Å². The Morgan fingerprint density at radius 2 is 2.21 bits per heavy atom. The first kappa shape index (κ1) is 7.97. The van der Waals surface area contributed by atoms with E-state index in [-0.39, 0.29) is 0 Å². The third kappa shape index (κ3) is 1.05. The van der Waals surface area contributed by atoms with Crippen LogP contribution in [-0.4, -0.2) is 14.6 Å². The van der Waals surface area contributed by atoms with E-state index in [1.165, 1.54) is 24.8 Å². The van der Waals surface area contributed by atoms with Gasteiger partial charge in [-0.15, -0.1) is 10.2 Å². The van der Waals surface area contributed by atoms with Crippen molar-refractivity contribution in [1.82, 2.24) is 14.6 Å². The van der Waals surface area contributed by atoms with Crippen LogP contribution < -0.4 is 0 Å². The van der Waals surface area contributed by atoms with Crippen LogP contribution in [0.25, 0.3) is 5.65 Å². The predicted molar refractivity (Wildman–Crippen MR) is 54.3 cm³/mol. The third-order valence-electron chi connectivity index (χ3n) is 3.06. The molecule has 0 bridgehead atoms. The number of hydrogen-bond donors (Lipinski definition) is 0. The van der Waals surface area contributed by atoms with Crippen LogP contribution in [0.3, 0.4) is 0 Å². The molecule has 2 aromatic heterocycles. The van der Waals surface area contributed by atoms with Gasteiger partial charge in [0.2, 0.25) is 0 Å².